The minimum atomic E-state index is -1.03. The molecule has 1 heterocycles. The molecule has 0 aliphatic heterocycles. The van der Waals surface area contributed by atoms with E-state index in [1.165, 1.54) is 12.1 Å². The average Bonchev–Trinajstić information content (AvgIpc) is 2.89. The predicted octanol–water partition coefficient (Wildman–Crippen LogP) is 3.49. The van der Waals surface area contributed by atoms with Crippen LogP contribution in [0.15, 0.2) is 24.3 Å². The van der Waals surface area contributed by atoms with Crippen molar-refractivity contribution in [3.05, 3.63) is 40.0 Å². The van der Waals surface area contributed by atoms with Gasteiger partial charge in [0.25, 0.3) is 0 Å². The van der Waals surface area contributed by atoms with Crippen molar-refractivity contribution in [3.8, 4) is 11.3 Å². The van der Waals surface area contributed by atoms with Gasteiger partial charge in [-0.3, -0.25) is 4.90 Å². The highest BCUT2D eigenvalue weighted by molar-refractivity contribution is 7.14. The van der Waals surface area contributed by atoms with Crippen molar-refractivity contribution in [1.82, 2.24) is 9.88 Å². The van der Waals surface area contributed by atoms with Crippen LogP contribution in [0.4, 0.5) is 4.39 Å². The number of aromatic nitrogens is 1. The molecule has 0 fully saturated rings. The molecule has 6 heteroatoms. The number of hydrogen-bond donors (Lipinski definition) is 1. The lowest BCUT2D eigenvalue weighted by Crippen LogP contribution is -2.21. The Balaban J connectivity index is 2.40. The first kappa shape index (κ1) is 15.6. The van der Waals surface area contributed by atoms with Crippen molar-refractivity contribution < 1.29 is 14.3 Å². The van der Waals surface area contributed by atoms with Gasteiger partial charge in [0.15, 0.2) is 0 Å². The van der Waals surface area contributed by atoms with E-state index in [2.05, 4.69) is 9.88 Å². The van der Waals surface area contributed by atoms with Crippen LogP contribution in [0, 0.1) is 5.82 Å². The zero-order valence-corrected chi connectivity index (χ0v) is 12.8. The third-order valence-corrected chi connectivity index (χ3v) is 4.25. The van der Waals surface area contributed by atoms with Crippen LogP contribution in [0.3, 0.4) is 0 Å². The van der Waals surface area contributed by atoms with Gasteiger partial charge in [-0.15, -0.1) is 11.3 Å². The maximum Gasteiger partial charge on any atom is 0.348 e. The summed E-state index contributed by atoms with van der Waals surface area (Å²) in [6.07, 6.45) is 0. The first-order chi connectivity index (χ1) is 10.0. The lowest BCUT2D eigenvalue weighted by atomic mass is 10.1. The first-order valence-electron chi connectivity index (χ1n) is 6.76. The number of thiazole rings is 1. The van der Waals surface area contributed by atoms with E-state index in [0.29, 0.717) is 17.8 Å². The van der Waals surface area contributed by atoms with Crippen molar-refractivity contribution in [1.29, 1.82) is 0 Å². The van der Waals surface area contributed by atoms with E-state index in [1.54, 1.807) is 12.1 Å². The summed E-state index contributed by atoms with van der Waals surface area (Å²) in [6.45, 7) is 6.43. The van der Waals surface area contributed by atoms with Crippen LogP contribution in [0.5, 0.6) is 0 Å². The molecular formula is C15H17FN2O2S. The Morgan fingerprint density at radius 3 is 2.67 bits per heavy atom. The molecule has 1 aromatic carbocycles. The molecule has 2 aromatic rings. The zero-order valence-electron chi connectivity index (χ0n) is 12.0. The lowest BCUT2D eigenvalue weighted by Gasteiger charge is -2.15. The molecule has 0 amide bonds. The van der Waals surface area contributed by atoms with E-state index in [1.807, 2.05) is 13.8 Å². The smallest absolute Gasteiger partial charge is 0.348 e. The van der Waals surface area contributed by atoms with Gasteiger partial charge in [-0.25, -0.2) is 14.2 Å². The number of carboxylic acids is 1. The Hall–Kier alpha value is -1.79. The fourth-order valence-electron chi connectivity index (χ4n) is 2.05. The second-order valence-electron chi connectivity index (χ2n) is 4.56. The summed E-state index contributed by atoms with van der Waals surface area (Å²) in [5.74, 6) is -1.43. The fraction of sp³-hybridized carbons (Fsp3) is 0.333. The molecule has 2 rings (SSSR count). The number of carboxylic acid groups (broad SMARTS) is 1. The summed E-state index contributed by atoms with van der Waals surface area (Å²) >= 11 is 1.15. The Morgan fingerprint density at radius 1 is 1.38 bits per heavy atom. The van der Waals surface area contributed by atoms with Crippen LogP contribution >= 0.6 is 11.3 Å². The molecule has 0 atom stereocenters. The summed E-state index contributed by atoms with van der Waals surface area (Å²) < 4.78 is 13.3. The Kier molecular flexibility index (Phi) is 5.03. The summed E-state index contributed by atoms with van der Waals surface area (Å²) in [5, 5.41) is 10.1. The molecule has 0 saturated heterocycles. The molecule has 1 N–H and O–H groups in total. The summed E-state index contributed by atoms with van der Waals surface area (Å²) in [6, 6.07) is 5.86. The van der Waals surface area contributed by atoms with Crippen LogP contribution in [0.1, 0.15) is 28.5 Å². The second kappa shape index (κ2) is 6.78. The number of nitrogens with zero attached hydrogens (tertiary/aromatic N) is 2. The van der Waals surface area contributed by atoms with Crippen molar-refractivity contribution >= 4 is 17.3 Å². The largest absolute Gasteiger partial charge is 0.477 e. The molecule has 112 valence electrons. The molecule has 0 bridgehead atoms. The normalized spacial score (nSPS) is 11.0. The topological polar surface area (TPSA) is 53.4 Å². The van der Waals surface area contributed by atoms with Gasteiger partial charge in [-0.2, -0.15) is 0 Å². The number of benzene rings is 1. The van der Waals surface area contributed by atoms with E-state index < -0.39 is 11.8 Å². The fourth-order valence-corrected chi connectivity index (χ4v) is 3.01. The number of hydrogen-bond acceptors (Lipinski definition) is 4. The molecule has 0 unspecified atom stereocenters. The SMILES string of the molecule is CCN(CC)Cc1nc(-c2cccc(F)c2)c(C(=O)O)s1. The highest BCUT2D eigenvalue weighted by Crippen LogP contribution is 2.29. The molecule has 0 radical (unpaired) electrons. The van der Waals surface area contributed by atoms with Crippen LogP contribution in [-0.4, -0.2) is 34.0 Å². The maximum atomic E-state index is 13.3. The van der Waals surface area contributed by atoms with Crippen LogP contribution in [0.25, 0.3) is 11.3 Å². The summed E-state index contributed by atoms with van der Waals surface area (Å²) in [5.41, 5.74) is 0.837. The van der Waals surface area contributed by atoms with Crippen molar-refractivity contribution in [3.63, 3.8) is 0 Å². The highest BCUT2D eigenvalue weighted by Gasteiger charge is 2.19. The van der Waals surface area contributed by atoms with Gasteiger partial charge in [-0.1, -0.05) is 26.0 Å². The minimum absolute atomic E-state index is 0.155. The van der Waals surface area contributed by atoms with E-state index in [4.69, 9.17) is 0 Å². The number of aromatic carboxylic acids is 1. The van der Waals surface area contributed by atoms with Crippen LogP contribution in [-0.2, 0) is 6.54 Å². The standard InChI is InChI=1S/C15H17FN2O2S/c1-3-18(4-2)9-12-17-13(14(21-12)15(19)20)10-6-5-7-11(16)8-10/h5-8H,3-4,9H2,1-2H3,(H,19,20). The highest BCUT2D eigenvalue weighted by atomic mass is 32.1. The third kappa shape index (κ3) is 3.65. The first-order valence-corrected chi connectivity index (χ1v) is 7.58. The number of halogens is 1. The van der Waals surface area contributed by atoms with Crippen molar-refractivity contribution in [2.75, 3.05) is 13.1 Å². The second-order valence-corrected chi connectivity index (χ2v) is 5.65. The Bertz CT molecular complexity index is 638. The lowest BCUT2D eigenvalue weighted by molar-refractivity contribution is 0.0702. The van der Waals surface area contributed by atoms with Gasteiger partial charge in [0.1, 0.15) is 15.7 Å². The molecule has 0 aliphatic carbocycles. The molecule has 1 aromatic heterocycles. The van der Waals surface area contributed by atoms with Crippen molar-refractivity contribution in [2.24, 2.45) is 0 Å². The number of carbonyl (C=O) groups is 1. The summed E-state index contributed by atoms with van der Waals surface area (Å²) in [7, 11) is 0. The van der Waals surface area contributed by atoms with Gasteiger partial charge in [-0.05, 0) is 25.2 Å². The minimum Gasteiger partial charge on any atom is -0.477 e. The maximum absolute atomic E-state index is 13.3. The molecule has 0 aliphatic rings. The monoisotopic (exact) mass is 308 g/mol. The molecule has 0 saturated carbocycles. The van der Waals surface area contributed by atoms with E-state index in [0.717, 1.165) is 29.4 Å². The number of rotatable bonds is 6. The predicted molar refractivity (Wildman–Crippen MR) is 81.1 cm³/mol. The molecule has 4 nitrogen and oxygen atoms in total. The molecule has 21 heavy (non-hydrogen) atoms. The van der Waals surface area contributed by atoms with Crippen LogP contribution in [0.2, 0.25) is 0 Å². The third-order valence-electron chi connectivity index (χ3n) is 3.22. The van der Waals surface area contributed by atoms with Gasteiger partial charge >= 0.3 is 5.97 Å². The Labute approximate surface area is 126 Å². The van der Waals surface area contributed by atoms with Crippen molar-refractivity contribution in [2.45, 2.75) is 20.4 Å². The van der Waals surface area contributed by atoms with Gasteiger partial charge < -0.3 is 5.11 Å². The molecule has 0 spiro atoms. The zero-order chi connectivity index (χ0) is 15.4. The van der Waals surface area contributed by atoms with Gasteiger partial charge in [0.2, 0.25) is 0 Å². The van der Waals surface area contributed by atoms with Gasteiger partial charge in [0, 0.05) is 5.56 Å². The van der Waals surface area contributed by atoms with E-state index in [9.17, 15) is 14.3 Å². The van der Waals surface area contributed by atoms with Crippen LogP contribution < -0.4 is 0 Å². The summed E-state index contributed by atoms with van der Waals surface area (Å²) in [4.78, 5) is 18.1. The quantitative estimate of drug-likeness (QED) is 0.887. The van der Waals surface area contributed by atoms with E-state index >= 15 is 0 Å². The molecular weight excluding hydrogens is 291 g/mol. The average molecular weight is 308 g/mol. The van der Waals surface area contributed by atoms with E-state index in [-0.39, 0.29) is 4.88 Å². The Morgan fingerprint density at radius 2 is 2.10 bits per heavy atom. The van der Waals surface area contributed by atoms with Gasteiger partial charge in [0.05, 0.1) is 12.2 Å².